The minimum atomic E-state index is -2.96. The van der Waals surface area contributed by atoms with Crippen molar-refractivity contribution in [3.8, 4) is 11.1 Å². The van der Waals surface area contributed by atoms with Crippen molar-refractivity contribution in [1.29, 1.82) is 0 Å². The molecule has 4 aromatic rings. The largest absolute Gasteiger partial charge is 1.00 e. The Morgan fingerprint density at radius 3 is 1.40 bits per heavy atom. The molecule has 0 spiro atoms. The molecule has 1 aliphatic carbocycles. The van der Waals surface area contributed by atoms with E-state index in [9.17, 15) is 26.3 Å². The first-order chi connectivity index (χ1) is 19.0. The number of hydrogen-bond donors (Lipinski definition) is 0. The maximum atomic E-state index is 15.0. The molecule has 43 heavy (non-hydrogen) atoms. The summed E-state index contributed by atoms with van der Waals surface area (Å²) in [6.45, 7) is 1.61. The molecule has 1 aliphatic rings. The summed E-state index contributed by atoms with van der Waals surface area (Å²) in [6.07, 6.45) is 1.72. The number of fused-ring (bicyclic) bond motifs is 1. The van der Waals surface area contributed by atoms with Crippen LogP contribution in [0.5, 0.6) is 0 Å². The summed E-state index contributed by atoms with van der Waals surface area (Å²) in [5.41, 5.74) is 0.0174. The Bertz CT molecular complexity index is 1590. The molecule has 15 heteroatoms. The van der Waals surface area contributed by atoms with Gasteiger partial charge in [0.15, 0.2) is 0 Å². The molecule has 223 valence electrons. The Kier molecular flexibility index (Phi) is 12.2. The van der Waals surface area contributed by atoms with Crippen LogP contribution in [0, 0.1) is 58.2 Å². The molecule has 0 amide bonds. The van der Waals surface area contributed by atoms with Crippen LogP contribution in [0.25, 0.3) is 17.2 Å². The molecule has 0 aliphatic heterocycles. The zero-order chi connectivity index (χ0) is 29.0. The van der Waals surface area contributed by atoms with Crippen molar-refractivity contribution in [2.45, 2.75) is 10.5 Å². The molecule has 1 atom stereocenters. The van der Waals surface area contributed by atoms with Crippen molar-refractivity contribution in [2.75, 3.05) is 0 Å². The molecular weight excluding hydrogens is 735 g/mol. The van der Waals surface area contributed by atoms with Crippen LogP contribution in [0.4, 0.5) is 43.9 Å². The Morgan fingerprint density at radius 2 is 0.953 bits per heavy atom. The third-order valence-electron chi connectivity index (χ3n) is 6.76. The van der Waals surface area contributed by atoms with Gasteiger partial charge in [0, 0.05) is 0 Å². The average Bonchev–Trinajstić information content (AvgIpc) is 3.28. The van der Waals surface area contributed by atoms with E-state index in [1.165, 1.54) is 0 Å². The van der Waals surface area contributed by atoms with Gasteiger partial charge in [0.05, 0.1) is 0 Å². The molecular formula is C28H13BCl3F10Zr. The third kappa shape index (κ3) is 6.17. The van der Waals surface area contributed by atoms with Crippen LogP contribution in [0.15, 0.2) is 54.1 Å². The predicted octanol–water partition coefficient (Wildman–Crippen LogP) is -1.90. The number of hydrogen-bond acceptors (Lipinski definition) is 0. The summed E-state index contributed by atoms with van der Waals surface area (Å²) < 4.78 is 142. The van der Waals surface area contributed by atoms with Crippen LogP contribution in [-0.4, -0.2) is 4.25 Å². The molecule has 0 N–H and O–H groups in total. The Hall–Kier alpha value is -2.26. The summed E-state index contributed by atoms with van der Waals surface area (Å²) in [6, 6.07) is 14.1. The molecule has 5 rings (SSSR count). The quantitative estimate of drug-likeness (QED) is 0.0971. The maximum absolute atomic E-state index is 15.0. The molecule has 0 heterocycles. The molecule has 0 fully saturated rings. The van der Waals surface area contributed by atoms with Crippen molar-refractivity contribution < 1.29 is 104 Å². The molecule has 0 radical (unpaired) electrons. The van der Waals surface area contributed by atoms with E-state index >= 15 is 17.6 Å². The summed E-state index contributed by atoms with van der Waals surface area (Å²) in [5.74, 6) is -24.2. The van der Waals surface area contributed by atoms with E-state index in [-0.39, 0.29) is 37.2 Å². The second-order valence-electron chi connectivity index (χ2n) is 9.06. The Balaban J connectivity index is 0.00000215. The van der Waals surface area contributed by atoms with E-state index < -0.39 is 100.0 Å². The SMILES string of the molecule is CC1=Cc2c(-c3ccccc3)cccc2[CH]1[Zr+3][B](c1c(F)c(F)c(F)c(F)c1F)c1c(F)c(F)c(F)c(F)c1F.[Cl-].[Cl-].[Cl-]. The number of rotatable bonds is 5. The molecule has 1 unspecified atom stereocenters. The summed E-state index contributed by atoms with van der Waals surface area (Å²) >= 11 is -2.96. The van der Waals surface area contributed by atoms with E-state index in [1.807, 2.05) is 12.1 Å². The molecule has 0 aromatic heterocycles. The van der Waals surface area contributed by atoms with Gasteiger partial charge in [-0.15, -0.1) is 0 Å². The van der Waals surface area contributed by atoms with Crippen LogP contribution < -0.4 is 48.1 Å². The minimum Gasteiger partial charge on any atom is -1.00 e. The van der Waals surface area contributed by atoms with Crippen LogP contribution in [-0.2, 0) is 23.0 Å². The topological polar surface area (TPSA) is 0 Å². The first-order valence-corrected chi connectivity index (χ1v) is 14.4. The van der Waals surface area contributed by atoms with E-state index in [4.69, 9.17) is 0 Å². The smallest absolute Gasteiger partial charge is 1.00 e. The predicted molar refractivity (Wildman–Crippen MR) is 126 cm³/mol. The summed E-state index contributed by atoms with van der Waals surface area (Å²) in [4.78, 5) is 0. The van der Waals surface area contributed by atoms with Crippen molar-refractivity contribution >= 4 is 21.3 Å². The van der Waals surface area contributed by atoms with Crippen molar-refractivity contribution in [1.82, 2.24) is 0 Å². The van der Waals surface area contributed by atoms with Crippen LogP contribution in [0.2, 0.25) is 0 Å². The van der Waals surface area contributed by atoms with Gasteiger partial charge in [-0.25, -0.2) is 0 Å². The van der Waals surface area contributed by atoms with Gasteiger partial charge in [0.2, 0.25) is 0 Å². The normalized spacial score (nSPS) is 13.2. The van der Waals surface area contributed by atoms with Gasteiger partial charge in [0.1, 0.15) is 0 Å². The van der Waals surface area contributed by atoms with Gasteiger partial charge in [-0.05, 0) is 0 Å². The van der Waals surface area contributed by atoms with E-state index in [0.29, 0.717) is 16.7 Å². The first kappa shape index (κ1) is 36.9. The fraction of sp³-hybridized carbons (Fsp3) is 0.0714. The van der Waals surface area contributed by atoms with Gasteiger partial charge in [-0.1, -0.05) is 0 Å². The van der Waals surface area contributed by atoms with E-state index in [2.05, 4.69) is 0 Å². The second-order valence-corrected chi connectivity index (χ2v) is 12.7. The van der Waals surface area contributed by atoms with Crippen molar-refractivity contribution in [3.63, 3.8) is 0 Å². The van der Waals surface area contributed by atoms with Gasteiger partial charge in [0.25, 0.3) is 0 Å². The average molecular weight is 748 g/mol. The maximum Gasteiger partial charge on any atom is -1.00 e. The van der Waals surface area contributed by atoms with Crippen LogP contribution >= 0.6 is 0 Å². The first-order valence-electron chi connectivity index (χ1n) is 11.6. The minimum absolute atomic E-state index is 0. The standard InChI is InChI=1S/C16H13.C12BF10.3ClH.Zr/c1-12-10-14-8-5-9-15(16(14)11-12)13-6-3-2-4-7-13;14-3-1(4(15)8(19)11(22)7(3)18)13-2-5(16)9(20)12(23)10(21)6(2)17;;;;/h2-11H,1H3;;3*1H;/q;+1;;;;+2/p-3. The zero-order valence-corrected chi connectivity index (χ0v) is 26.0. The van der Waals surface area contributed by atoms with Gasteiger partial charge >= 0.3 is 233 Å². The number of halogens is 13. The second kappa shape index (κ2) is 14.2. The molecule has 0 saturated heterocycles. The van der Waals surface area contributed by atoms with E-state index in [0.717, 1.165) is 11.1 Å². The van der Waals surface area contributed by atoms with Crippen molar-refractivity contribution in [3.05, 3.63) is 123 Å². The Labute approximate surface area is 269 Å². The van der Waals surface area contributed by atoms with Crippen LogP contribution in [0.1, 0.15) is 21.7 Å². The monoisotopic (exact) mass is 745 g/mol. The van der Waals surface area contributed by atoms with Gasteiger partial charge < -0.3 is 37.2 Å². The summed E-state index contributed by atoms with van der Waals surface area (Å²) in [5, 5.41) is 0. The third-order valence-corrected chi connectivity index (χ3v) is 11.7. The van der Waals surface area contributed by atoms with Crippen LogP contribution in [0.3, 0.4) is 0 Å². The molecule has 0 saturated carbocycles. The zero-order valence-electron chi connectivity index (χ0n) is 21.3. The number of allylic oxidation sites excluding steroid dienone is 1. The van der Waals surface area contributed by atoms with Crippen molar-refractivity contribution in [2.24, 2.45) is 0 Å². The molecule has 4 aromatic carbocycles. The van der Waals surface area contributed by atoms with Gasteiger partial charge in [-0.2, -0.15) is 0 Å². The van der Waals surface area contributed by atoms with E-state index in [1.54, 1.807) is 49.4 Å². The summed E-state index contributed by atoms with van der Waals surface area (Å²) in [7, 11) is 0. The van der Waals surface area contributed by atoms with Gasteiger partial charge in [-0.3, -0.25) is 0 Å². The fourth-order valence-corrected chi connectivity index (χ4v) is 9.67. The Morgan fingerprint density at radius 1 is 0.535 bits per heavy atom. The number of benzene rings is 4. The molecule has 0 bridgehead atoms. The fourth-order valence-electron chi connectivity index (χ4n) is 4.87. The molecule has 0 nitrogen and oxygen atoms in total.